The van der Waals surface area contributed by atoms with E-state index in [0.717, 1.165) is 11.3 Å². The lowest BCUT2D eigenvalue weighted by Crippen LogP contribution is -2.35. The maximum atomic E-state index is 13.0. The quantitative estimate of drug-likeness (QED) is 0.826. The molecule has 122 valence electrons. The Morgan fingerprint density at radius 3 is 2.43 bits per heavy atom. The lowest BCUT2D eigenvalue weighted by molar-refractivity contribution is 0.0695. The maximum Gasteiger partial charge on any atom is 0.256 e. The fourth-order valence-electron chi connectivity index (χ4n) is 2.51. The van der Waals surface area contributed by atoms with Crippen LogP contribution in [-0.4, -0.2) is 36.1 Å². The average molecular weight is 312 g/mol. The Morgan fingerprint density at radius 1 is 1.13 bits per heavy atom. The Bertz CT molecular complexity index is 628. The van der Waals surface area contributed by atoms with Gasteiger partial charge in [-0.3, -0.25) is 4.79 Å². The first-order chi connectivity index (χ1) is 11.2. The summed E-state index contributed by atoms with van der Waals surface area (Å²) in [6.45, 7) is 3.05. The van der Waals surface area contributed by atoms with E-state index < -0.39 is 0 Å². The molecule has 4 nitrogen and oxygen atoms in total. The van der Waals surface area contributed by atoms with Crippen LogP contribution in [0.4, 0.5) is 5.69 Å². The van der Waals surface area contributed by atoms with Crippen molar-refractivity contribution in [1.29, 1.82) is 0 Å². The molecule has 1 amide bonds. The molecule has 1 atom stereocenters. The van der Waals surface area contributed by atoms with Gasteiger partial charge >= 0.3 is 0 Å². The van der Waals surface area contributed by atoms with Gasteiger partial charge in [-0.05, 0) is 23.6 Å². The minimum atomic E-state index is -0.0286. The minimum absolute atomic E-state index is 0.0286. The molecule has 0 bridgehead atoms. The maximum absolute atomic E-state index is 13.0. The molecule has 2 aromatic carbocycles. The highest BCUT2D eigenvalue weighted by Crippen LogP contribution is 2.19. The average Bonchev–Trinajstić information content (AvgIpc) is 2.61. The summed E-state index contributed by atoms with van der Waals surface area (Å²) in [5, 5.41) is 12.4. The summed E-state index contributed by atoms with van der Waals surface area (Å²) in [5.41, 5.74) is 2.54. The molecule has 2 rings (SSSR count). The van der Waals surface area contributed by atoms with Crippen molar-refractivity contribution in [2.24, 2.45) is 5.92 Å². The van der Waals surface area contributed by atoms with Gasteiger partial charge in [0.1, 0.15) is 0 Å². The third-order valence-electron chi connectivity index (χ3n) is 3.77. The van der Waals surface area contributed by atoms with Crippen molar-refractivity contribution < 1.29 is 9.90 Å². The van der Waals surface area contributed by atoms with Crippen LogP contribution >= 0.6 is 0 Å². The van der Waals surface area contributed by atoms with E-state index in [2.05, 4.69) is 5.32 Å². The summed E-state index contributed by atoms with van der Waals surface area (Å²) in [5.74, 6) is 0.00325. The highest BCUT2D eigenvalue weighted by Gasteiger charge is 2.20. The molecule has 2 N–H and O–H groups in total. The Labute approximate surface area is 137 Å². The van der Waals surface area contributed by atoms with E-state index >= 15 is 0 Å². The first-order valence-corrected chi connectivity index (χ1v) is 7.86. The molecule has 0 radical (unpaired) electrons. The molecule has 0 saturated carbocycles. The number of para-hydroxylation sites is 1. The van der Waals surface area contributed by atoms with Gasteiger partial charge in [-0.15, -0.1) is 0 Å². The van der Waals surface area contributed by atoms with Gasteiger partial charge in [0.15, 0.2) is 0 Å². The molecule has 0 saturated heterocycles. The van der Waals surface area contributed by atoms with Crippen molar-refractivity contribution in [1.82, 2.24) is 4.90 Å². The van der Waals surface area contributed by atoms with Gasteiger partial charge in [0, 0.05) is 32.4 Å². The summed E-state index contributed by atoms with van der Waals surface area (Å²) >= 11 is 0. The number of nitrogens with zero attached hydrogens (tertiary/aromatic N) is 1. The zero-order chi connectivity index (χ0) is 16.7. The second-order valence-electron chi connectivity index (χ2n) is 5.75. The fraction of sp³-hybridized carbons (Fsp3) is 0.316. The highest BCUT2D eigenvalue weighted by atomic mass is 16.3. The van der Waals surface area contributed by atoms with Crippen LogP contribution in [0.1, 0.15) is 22.8 Å². The van der Waals surface area contributed by atoms with E-state index in [1.807, 2.05) is 68.6 Å². The van der Waals surface area contributed by atoms with Crippen molar-refractivity contribution in [2.45, 2.75) is 13.5 Å². The molecular weight excluding hydrogens is 288 g/mol. The number of aliphatic hydroxyl groups is 1. The molecular formula is C19H24N2O2. The first-order valence-electron chi connectivity index (χ1n) is 7.86. The predicted molar refractivity (Wildman–Crippen MR) is 93.4 cm³/mol. The molecule has 0 fully saturated rings. The molecule has 0 spiro atoms. The van der Waals surface area contributed by atoms with Gasteiger partial charge < -0.3 is 15.3 Å². The molecule has 2 aromatic rings. The van der Waals surface area contributed by atoms with Crippen LogP contribution in [0, 0.1) is 5.92 Å². The summed E-state index contributed by atoms with van der Waals surface area (Å²) in [6, 6.07) is 17.4. The highest BCUT2D eigenvalue weighted by molar-refractivity contribution is 5.99. The van der Waals surface area contributed by atoms with Crippen molar-refractivity contribution in [3.8, 4) is 0 Å². The largest absolute Gasteiger partial charge is 0.396 e. The third kappa shape index (κ3) is 4.57. The fourth-order valence-corrected chi connectivity index (χ4v) is 2.51. The number of amides is 1. The topological polar surface area (TPSA) is 52.6 Å². The monoisotopic (exact) mass is 312 g/mol. The van der Waals surface area contributed by atoms with Gasteiger partial charge in [0.05, 0.1) is 5.56 Å². The summed E-state index contributed by atoms with van der Waals surface area (Å²) in [7, 11) is 1.81. The van der Waals surface area contributed by atoms with E-state index in [1.54, 1.807) is 4.90 Å². The SMILES string of the molecule is CNc1ccccc1C(=O)N(Cc1ccccc1)C[C@H](C)CO. The normalized spacial score (nSPS) is 11.8. The smallest absolute Gasteiger partial charge is 0.256 e. The minimum Gasteiger partial charge on any atom is -0.396 e. The Hall–Kier alpha value is -2.33. The molecule has 0 aliphatic carbocycles. The van der Waals surface area contributed by atoms with Gasteiger partial charge in [-0.25, -0.2) is 0 Å². The Kier molecular flexibility index (Phi) is 6.18. The number of carbonyl (C=O) groups is 1. The van der Waals surface area contributed by atoms with Crippen molar-refractivity contribution in [2.75, 3.05) is 25.5 Å². The third-order valence-corrected chi connectivity index (χ3v) is 3.77. The summed E-state index contributed by atoms with van der Waals surface area (Å²) < 4.78 is 0. The molecule has 0 aromatic heterocycles. The number of hydrogen-bond acceptors (Lipinski definition) is 3. The van der Waals surface area contributed by atoms with Crippen LogP contribution < -0.4 is 5.32 Å². The Morgan fingerprint density at radius 2 is 1.78 bits per heavy atom. The molecule has 0 aliphatic heterocycles. The molecule has 4 heteroatoms. The second kappa shape index (κ2) is 8.34. The molecule has 0 aliphatic rings. The van der Waals surface area contributed by atoms with Crippen LogP contribution in [0.5, 0.6) is 0 Å². The van der Waals surface area contributed by atoms with Crippen LogP contribution in [0.15, 0.2) is 54.6 Å². The second-order valence-corrected chi connectivity index (χ2v) is 5.75. The lowest BCUT2D eigenvalue weighted by Gasteiger charge is -2.26. The van der Waals surface area contributed by atoms with E-state index in [1.165, 1.54) is 0 Å². The zero-order valence-electron chi connectivity index (χ0n) is 13.7. The van der Waals surface area contributed by atoms with Gasteiger partial charge in [-0.1, -0.05) is 49.4 Å². The molecule has 0 heterocycles. The van der Waals surface area contributed by atoms with Crippen LogP contribution in [-0.2, 0) is 6.54 Å². The number of aliphatic hydroxyl groups excluding tert-OH is 1. The van der Waals surface area contributed by atoms with Gasteiger partial charge in [0.25, 0.3) is 5.91 Å². The standard InChI is InChI=1S/C19H24N2O2/c1-15(14-22)12-21(13-16-8-4-3-5-9-16)19(23)17-10-6-7-11-18(17)20-2/h3-11,15,20,22H,12-14H2,1-2H3/t15-/m0/s1. The number of benzene rings is 2. The number of nitrogens with one attached hydrogen (secondary N) is 1. The zero-order valence-corrected chi connectivity index (χ0v) is 13.7. The van der Waals surface area contributed by atoms with Crippen molar-refractivity contribution in [3.63, 3.8) is 0 Å². The number of anilines is 1. The van der Waals surface area contributed by atoms with Crippen molar-refractivity contribution in [3.05, 3.63) is 65.7 Å². The number of rotatable bonds is 7. The molecule has 0 unspecified atom stereocenters. The lowest BCUT2D eigenvalue weighted by atomic mass is 10.1. The summed E-state index contributed by atoms with van der Waals surface area (Å²) in [4.78, 5) is 14.8. The van der Waals surface area contributed by atoms with E-state index in [-0.39, 0.29) is 18.4 Å². The first kappa shape index (κ1) is 17.0. The van der Waals surface area contributed by atoms with Gasteiger partial charge in [-0.2, -0.15) is 0 Å². The van der Waals surface area contributed by atoms with E-state index in [0.29, 0.717) is 18.7 Å². The number of hydrogen-bond donors (Lipinski definition) is 2. The predicted octanol–water partition coefficient (Wildman–Crippen LogP) is 3.00. The van der Waals surface area contributed by atoms with Crippen molar-refractivity contribution >= 4 is 11.6 Å². The Balaban J connectivity index is 2.26. The van der Waals surface area contributed by atoms with E-state index in [4.69, 9.17) is 0 Å². The van der Waals surface area contributed by atoms with Crippen LogP contribution in [0.3, 0.4) is 0 Å². The number of carbonyl (C=O) groups excluding carboxylic acids is 1. The van der Waals surface area contributed by atoms with Crippen LogP contribution in [0.2, 0.25) is 0 Å². The van der Waals surface area contributed by atoms with Gasteiger partial charge in [0.2, 0.25) is 0 Å². The summed E-state index contributed by atoms with van der Waals surface area (Å²) in [6.07, 6.45) is 0. The molecule has 23 heavy (non-hydrogen) atoms. The van der Waals surface area contributed by atoms with E-state index in [9.17, 15) is 9.90 Å². The van der Waals surface area contributed by atoms with Crippen LogP contribution in [0.25, 0.3) is 0 Å².